The summed E-state index contributed by atoms with van der Waals surface area (Å²) in [5.74, 6) is 0.0739. The van der Waals surface area contributed by atoms with Gasteiger partial charge in [0.2, 0.25) is 0 Å². The van der Waals surface area contributed by atoms with Crippen molar-refractivity contribution in [2.45, 2.75) is 37.8 Å². The van der Waals surface area contributed by atoms with Crippen LogP contribution in [0.15, 0.2) is 0 Å². The number of tetrazole rings is 1. The summed E-state index contributed by atoms with van der Waals surface area (Å²) < 4.78 is 0. The number of hydrogen-bond acceptors (Lipinski definition) is 5. The zero-order valence-electron chi connectivity index (χ0n) is 9.59. The number of likely N-dealkylation sites (tertiary alicyclic amines) is 1. The van der Waals surface area contributed by atoms with E-state index in [9.17, 15) is 4.79 Å². The number of rotatable bonds is 2. The third-order valence-electron chi connectivity index (χ3n) is 3.66. The molecule has 2 atom stereocenters. The molecule has 17 heavy (non-hydrogen) atoms. The van der Waals surface area contributed by atoms with Gasteiger partial charge in [-0.2, -0.15) is 5.21 Å². The van der Waals surface area contributed by atoms with Crippen molar-refractivity contribution in [2.75, 3.05) is 13.1 Å². The fourth-order valence-electron chi connectivity index (χ4n) is 2.88. The topological polar surface area (TPSA) is 86.8 Å². The third kappa shape index (κ3) is 1.90. The summed E-state index contributed by atoms with van der Waals surface area (Å²) >= 11 is 0. The Morgan fingerprint density at radius 3 is 3.00 bits per heavy atom. The van der Waals surface area contributed by atoms with Gasteiger partial charge in [-0.25, -0.2) is 0 Å². The van der Waals surface area contributed by atoms with Crippen molar-refractivity contribution in [1.82, 2.24) is 30.8 Å². The predicted octanol–water partition coefficient (Wildman–Crippen LogP) is -0.444. The molecule has 2 unspecified atom stereocenters. The Labute approximate surface area is 98.9 Å². The van der Waals surface area contributed by atoms with E-state index >= 15 is 0 Å². The summed E-state index contributed by atoms with van der Waals surface area (Å²) in [6.07, 6.45) is 4.49. The van der Waals surface area contributed by atoms with Crippen LogP contribution in [-0.2, 0) is 0 Å². The van der Waals surface area contributed by atoms with E-state index < -0.39 is 0 Å². The lowest BCUT2D eigenvalue weighted by atomic mass is 10.0. The Hall–Kier alpha value is -1.50. The van der Waals surface area contributed by atoms with E-state index in [2.05, 4.69) is 25.9 Å². The molecule has 2 fully saturated rings. The Balaban J connectivity index is 1.75. The standard InChI is InChI=1S/C10H16N6O/c17-10(9-12-14-15-13-9)16-6-2-4-8(16)7-3-1-5-11-7/h7-8,11H,1-6H2,(H,12,13,14,15). The van der Waals surface area contributed by atoms with Crippen molar-refractivity contribution in [3.05, 3.63) is 5.82 Å². The van der Waals surface area contributed by atoms with Crippen molar-refractivity contribution < 1.29 is 4.79 Å². The van der Waals surface area contributed by atoms with Gasteiger partial charge in [0.1, 0.15) is 0 Å². The van der Waals surface area contributed by atoms with E-state index in [1.165, 1.54) is 6.42 Å². The van der Waals surface area contributed by atoms with Gasteiger partial charge in [0.05, 0.1) is 0 Å². The molecule has 7 nitrogen and oxygen atoms in total. The van der Waals surface area contributed by atoms with Gasteiger partial charge in [0.25, 0.3) is 11.7 Å². The van der Waals surface area contributed by atoms with Crippen LogP contribution in [0.2, 0.25) is 0 Å². The maximum absolute atomic E-state index is 12.2. The van der Waals surface area contributed by atoms with Gasteiger partial charge in [0.15, 0.2) is 0 Å². The molecule has 0 aliphatic carbocycles. The second kappa shape index (κ2) is 4.40. The summed E-state index contributed by atoms with van der Waals surface area (Å²) in [5, 5.41) is 16.8. The fraction of sp³-hybridized carbons (Fsp3) is 0.800. The molecule has 0 saturated carbocycles. The van der Waals surface area contributed by atoms with Crippen LogP contribution in [0.1, 0.15) is 36.3 Å². The Morgan fingerprint density at radius 1 is 1.35 bits per heavy atom. The van der Waals surface area contributed by atoms with E-state index in [0.717, 1.165) is 32.4 Å². The molecule has 0 bridgehead atoms. The van der Waals surface area contributed by atoms with E-state index in [-0.39, 0.29) is 11.7 Å². The van der Waals surface area contributed by atoms with Gasteiger partial charge in [-0.05, 0) is 37.4 Å². The molecule has 0 radical (unpaired) electrons. The van der Waals surface area contributed by atoms with E-state index in [0.29, 0.717) is 12.1 Å². The first-order valence-electron chi connectivity index (χ1n) is 6.14. The number of aromatic nitrogens is 4. The molecule has 1 aromatic heterocycles. The van der Waals surface area contributed by atoms with E-state index in [4.69, 9.17) is 0 Å². The fourth-order valence-corrected chi connectivity index (χ4v) is 2.88. The Bertz CT molecular complexity index is 386. The molecule has 7 heteroatoms. The van der Waals surface area contributed by atoms with Gasteiger partial charge in [0, 0.05) is 18.6 Å². The summed E-state index contributed by atoms with van der Waals surface area (Å²) in [6, 6.07) is 0.733. The molecular formula is C10H16N6O. The number of H-pyrrole nitrogens is 1. The lowest BCUT2D eigenvalue weighted by Crippen LogP contribution is -2.46. The lowest BCUT2D eigenvalue weighted by molar-refractivity contribution is 0.0699. The van der Waals surface area contributed by atoms with Crippen LogP contribution < -0.4 is 5.32 Å². The highest BCUT2D eigenvalue weighted by Gasteiger charge is 2.37. The van der Waals surface area contributed by atoms with Gasteiger partial charge >= 0.3 is 0 Å². The number of carbonyl (C=O) groups is 1. The predicted molar refractivity (Wildman–Crippen MR) is 59.3 cm³/mol. The highest BCUT2D eigenvalue weighted by atomic mass is 16.2. The molecule has 0 spiro atoms. The molecule has 2 aliphatic rings. The van der Waals surface area contributed by atoms with Crippen LogP contribution in [-0.4, -0.2) is 56.6 Å². The van der Waals surface area contributed by atoms with E-state index in [1.807, 2.05) is 4.90 Å². The number of nitrogens with one attached hydrogen (secondary N) is 2. The lowest BCUT2D eigenvalue weighted by Gasteiger charge is -2.28. The molecule has 3 rings (SSSR count). The van der Waals surface area contributed by atoms with Crippen LogP contribution in [0.3, 0.4) is 0 Å². The van der Waals surface area contributed by atoms with E-state index in [1.54, 1.807) is 0 Å². The summed E-state index contributed by atoms with van der Waals surface area (Å²) in [6.45, 7) is 1.86. The Morgan fingerprint density at radius 2 is 2.29 bits per heavy atom. The quantitative estimate of drug-likeness (QED) is 0.726. The van der Waals surface area contributed by atoms with Gasteiger partial charge in [-0.15, -0.1) is 10.2 Å². The molecule has 2 aliphatic heterocycles. The maximum Gasteiger partial charge on any atom is 0.295 e. The molecular weight excluding hydrogens is 220 g/mol. The van der Waals surface area contributed by atoms with Crippen LogP contribution in [0.25, 0.3) is 0 Å². The number of hydrogen-bond donors (Lipinski definition) is 2. The average molecular weight is 236 g/mol. The third-order valence-corrected chi connectivity index (χ3v) is 3.66. The minimum atomic E-state index is -0.102. The van der Waals surface area contributed by atoms with Crippen LogP contribution in [0, 0.1) is 0 Å². The van der Waals surface area contributed by atoms with Crippen LogP contribution >= 0.6 is 0 Å². The first-order chi connectivity index (χ1) is 8.36. The van der Waals surface area contributed by atoms with Crippen molar-refractivity contribution in [3.63, 3.8) is 0 Å². The second-order valence-corrected chi connectivity index (χ2v) is 4.65. The smallest absolute Gasteiger partial charge is 0.295 e. The minimum Gasteiger partial charge on any atom is -0.331 e. The summed E-state index contributed by atoms with van der Waals surface area (Å²) in [7, 11) is 0. The SMILES string of the molecule is O=C(c1nn[nH]n1)N1CCCC1C1CCCN1. The average Bonchev–Trinajstić information content (AvgIpc) is 3.09. The number of amides is 1. The van der Waals surface area contributed by atoms with Crippen molar-refractivity contribution in [2.24, 2.45) is 0 Å². The molecule has 2 N–H and O–H groups in total. The molecule has 1 amide bonds. The van der Waals surface area contributed by atoms with Crippen LogP contribution in [0.5, 0.6) is 0 Å². The van der Waals surface area contributed by atoms with Crippen molar-refractivity contribution >= 4 is 5.91 Å². The maximum atomic E-state index is 12.2. The minimum absolute atomic E-state index is 0.102. The molecule has 1 aromatic rings. The Kier molecular flexibility index (Phi) is 2.76. The summed E-state index contributed by atoms with van der Waals surface area (Å²) in [4.78, 5) is 14.1. The second-order valence-electron chi connectivity index (χ2n) is 4.65. The summed E-state index contributed by atoms with van der Waals surface area (Å²) in [5.41, 5.74) is 0. The number of aromatic amines is 1. The van der Waals surface area contributed by atoms with Gasteiger partial charge < -0.3 is 10.2 Å². The molecule has 2 saturated heterocycles. The molecule has 0 aromatic carbocycles. The van der Waals surface area contributed by atoms with Crippen molar-refractivity contribution in [3.8, 4) is 0 Å². The largest absolute Gasteiger partial charge is 0.331 e. The molecule has 92 valence electrons. The zero-order chi connectivity index (χ0) is 11.7. The zero-order valence-corrected chi connectivity index (χ0v) is 9.59. The van der Waals surface area contributed by atoms with Crippen LogP contribution in [0.4, 0.5) is 0 Å². The van der Waals surface area contributed by atoms with Crippen molar-refractivity contribution in [1.29, 1.82) is 0 Å². The molecule has 3 heterocycles. The number of carbonyl (C=O) groups excluding carboxylic acids is 1. The van der Waals surface area contributed by atoms with Gasteiger partial charge in [-0.1, -0.05) is 0 Å². The number of nitrogens with zero attached hydrogens (tertiary/aromatic N) is 4. The highest BCUT2D eigenvalue weighted by molar-refractivity contribution is 5.90. The first-order valence-corrected chi connectivity index (χ1v) is 6.14. The normalized spacial score (nSPS) is 28.8. The first kappa shape index (κ1) is 10.6. The monoisotopic (exact) mass is 236 g/mol. The van der Waals surface area contributed by atoms with Gasteiger partial charge in [-0.3, -0.25) is 4.79 Å². The highest BCUT2D eigenvalue weighted by Crippen LogP contribution is 2.25.